The summed E-state index contributed by atoms with van der Waals surface area (Å²) >= 11 is 5.64. The number of carbonyl (C=O) groups is 1. The number of esters is 1. The minimum Gasteiger partial charge on any atom is -0.457 e. The summed E-state index contributed by atoms with van der Waals surface area (Å²) < 4.78 is 5.00. The molecule has 0 atom stereocenters. The van der Waals surface area contributed by atoms with Gasteiger partial charge in [-0.25, -0.2) is 4.79 Å². The highest BCUT2D eigenvalue weighted by Gasteiger charge is 2.25. The first-order valence-electron chi connectivity index (χ1n) is 6.23. The Morgan fingerprint density at radius 3 is 2.04 bits per heavy atom. The smallest absolute Gasteiger partial charge is 0.338 e. The van der Waals surface area contributed by atoms with Gasteiger partial charge < -0.3 is 4.74 Å². The van der Waals surface area contributed by atoms with Crippen LogP contribution in [0.2, 0.25) is 5.02 Å². The van der Waals surface area contributed by atoms with Gasteiger partial charge in [0.2, 0.25) is 0 Å². The van der Waals surface area contributed by atoms with Crippen molar-refractivity contribution in [3.63, 3.8) is 0 Å². The Hall–Kier alpha value is -3.00. The summed E-state index contributed by atoms with van der Waals surface area (Å²) in [7, 11) is 0. The van der Waals surface area contributed by atoms with Crippen LogP contribution in [0.15, 0.2) is 42.5 Å². The van der Waals surface area contributed by atoms with Crippen LogP contribution in [0.4, 0.5) is 11.4 Å². The van der Waals surface area contributed by atoms with Crippen LogP contribution in [0.3, 0.4) is 0 Å². The van der Waals surface area contributed by atoms with Crippen LogP contribution in [-0.2, 0) is 11.3 Å². The predicted octanol–water partition coefficient (Wildman–Crippen LogP) is 3.51. The minimum absolute atomic E-state index is 0.0945. The van der Waals surface area contributed by atoms with Gasteiger partial charge in [-0.05, 0) is 12.1 Å². The highest BCUT2D eigenvalue weighted by molar-refractivity contribution is 6.34. The number of rotatable bonds is 5. The standard InChI is InChI=1S/C14H9ClN2O6/c15-13-11(16(19)20)6-9(7-12(13)17(21)22)8-23-14(18)10-4-2-1-3-5-10/h1-7H,8H2. The Morgan fingerprint density at radius 1 is 1.04 bits per heavy atom. The van der Waals surface area contributed by atoms with Crippen LogP contribution in [0, 0.1) is 20.2 Å². The highest BCUT2D eigenvalue weighted by atomic mass is 35.5. The third-order valence-corrected chi connectivity index (χ3v) is 3.25. The Kier molecular flexibility index (Phi) is 4.87. The summed E-state index contributed by atoms with van der Waals surface area (Å²) in [6, 6.07) is 10.2. The number of carbonyl (C=O) groups excluding carboxylic acids is 1. The molecule has 118 valence electrons. The topological polar surface area (TPSA) is 113 Å². The molecule has 0 unspecified atom stereocenters. The summed E-state index contributed by atoms with van der Waals surface area (Å²) in [4.78, 5) is 31.9. The van der Waals surface area contributed by atoms with E-state index in [9.17, 15) is 25.0 Å². The third-order valence-electron chi connectivity index (χ3n) is 2.87. The molecule has 23 heavy (non-hydrogen) atoms. The van der Waals surface area contributed by atoms with E-state index >= 15 is 0 Å². The lowest BCUT2D eigenvalue weighted by Gasteiger charge is -2.06. The number of ether oxygens (including phenoxy) is 1. The second kappa shape index (κ2) is 6.84. The van der Waals surface area contributed by atoms with E-state index in [4.69, 9.17) is 16.3 Å². The Morgan fingerprint density at radius 2 is 1.57 bits per heavy atom. The fourth-order valence-electron chi connectivity index (χ4n) is 1.81. The lowest BCUT2D eigenvalue weighted by molar-refractivity contribution is -0.394. The molecule has 0 aliphatic carbocycles. The number of hydrogen-bond acceptors (Lipinski definition) is 6. The van der Waals surface area contributed by atoms with Crippen LogP contribution in [0.5, 0.6) is 0 Å². The molecule has 0 radical (unpaired) electrons. The first-order valence-corrected chi connectivity index (χ1v) is 6.61. The molecular formula is C14H9ClN2O6. The molecule has 8 nitrogen and oxygen atoms in total. The van der Waals surface area contributed by atoms with E-state index in [1.54, 1.807) is 18.2 Å². The first-order chi connectivity index (χ1) is 10.9. The van der Waals surface area contributed by atoms with E-state index in [0.717, 1.165) is 12.1 Å². The number of hydrogen-bond donors (Lipinski definition) is 0. The van der Waals surface area contributed by atoms with Crippen molar-refractivity contribution in [2.24, 2.45) is 0 Å². The van der Waals surface area contributed by atoms with Crippen molar-refractivity contribution in [3.8, 4) is 0 Å². The number of benzene rings is 2. The lowest BCUT2D eigenvalue weighted by atomic mass is 10.2. The molecule has 0 aromatic heterocycles. The zero-order valence-corrected chi connectivity index (χ0v) is 12.2. The maximum absolute atomic E-state index is 11.8. The van der Waals surface area contributed by atoms with Crippen LogP contribution in [0.1, 0.15) is 15.9 Å². The zero-order chi connectivity index (χ0) is 17.0. The first kappa shape index (κ1) is 16.4. The quantitative estimate of drug-likeness (QED) is 0.469. The molecule has 0 bridgehead atoms. The van der Waals surface area contributed by atoms with Crippen molar-refractivity contribution in [3.05, 3.63) is 78.8 Å². The Bertz CT molecular complexity index is 743. The Balaban J connectivity index is 2.25. The van der Waals surface area contributed by atoms with E-state index in [1.807, 2.05) is 0 Å². The van der Waals surface area contributed by atoms with Crippen molar-refractivity contribution in [1.29, 1.82) is 0 Å². The molecule has 0 heterocycles. The van der Waals surface area contributed by atoms with Gasteiger partial charge in [0.15, 0.2) is 5.02 Å². The van der Waals surface area contributed by atoms with Crippen molar-refractivity contribution >= 4 is 28.9 Å². The van der Waals surface area contributed by atoms with E-state index in [0.29, 0.717) is 5.56 Å². The maximum atomic E-state index is 11.8. The van der Waals surface area contributed by atoms with Gasteiger partial charge in [0.05, 0.1) is 15.4 Å². The number of nitrogens with zero attached hydrogens (tertiary/aromatic N) is 2. The van der Waals surface area contributed by atoms with Gasteiger partial charge in [-0.15, -0.1) is 0 Å². The fraction of sp³-hybridized carbons (Fsp3) is 0.0714. The van der Waals surface area contributed by atoms with Crippen LogP contribution < -0.4 is 0 Å². The molecule has 0 aliphatic rings. The number of nitro benzene ring substituents is 2. The van der Waals surface area contributed by atoms with E-state index in [2.05, 4.69) is 0 Å². The van der Waals surface area contributed by atoms with Gasteiger partial charge in [-0.2, -0.15) is 0 Å². The normalized spacial score (nSPS) is 10.1. The molecular weight excluding hydrogens is 328 g/mol. The molecule has 2 aromatic rings. The van der Waals surface area contributed by atoms with Gasteiger partial charge in [0, 0.05) is 17.7 Å². The summed E-state index contributed by atoms with van der Waals surface area (Å²) in [6.45, 7) is -0.355. The number of nitro groups is 2. The molecule has 0 saturated heterocycles. The second-order valence-corrected chi connectivity index (χ2v) is 4.78. The average Bonchev–Trinajstić information content (AvgIpc) is 2.53. The Labute approximate surface area is 134 Å². The average molecular weight is 337 g/mol. The molecule has 0 saturated carbocycles. The monoisotopic (exact) mass is 336 g/mol. The van der Waals surface area contributed by atoms with Gasteiger partial charge >= 0.3 is 5.97 Å². The summed E-state index contributed by atoms with van der Waals surface area (Å²) in [5, 5.41) is 21.2. The van der Waals surface area contributed by atoms with Crippen molar-refractivity contribution in [2.75, 3.05) is 0 Å². The van der Waals surface area contributed by atoms with Crippen molar-refractivity contribution in [2.45, 2.75) is 6.61 Å². The molecule has 0 amide bonds. The minimum atomic E-state index is -0.835. The largest absolute Gasteiger partial charge is 0.457 e. The van der Waals surface area contributed by atoms with Gasteiger partial charge in [0.25, 0.3) is 11.4 Å². The van der Waals surface area contributed by atoms with E-state index < -0.39 is 32.2 Å². The van der Waals surface area contributed by atoms with Gasteiger partial charge in [0.1, 0.15) is 6.61 Å². The van der Waals surface area contributed by atoms with Crippen LogP contribution >= 0.6 is 11.6 Å². The van der Waals surface area contributed by atoms with Crippen molar-refractivity contribution < 1.29 is 19.4 Å². The lowest BCUT2D eigenvalue weighted by Crippen LogP contribution is -2.06. The maximum Gasteiger partial charge on any atom is 0.338 e. The summed E-state index contributed by atoms with van der Waals surface area (Å²) in [6.07, 6.45) is 0. The van der Waals surface area contributed by atoms with Gasteiger partial charge in [-0.1, -0.05) is 29.8 Å². The molecule has 0 spiro atoms. The molecule has 0 fully saturated rings. The molecule has 9 heteroatoms. The summed E-state index contributed by atoms with van der Waals surface area (Å²) in [5.74, 6) is -0.647. The van der Waals surface area contributed by atoms with Crippen LogP contribution in [-0.4, -0.2) is 15.8 Å². The molecule has 0 aliphatic heterocycles. The van der Waals surface area contributed by atoms with Crippen LogP contribution in [0.25, 0.3) is 0 Å². The molecule has 2 rings (SSSR count). The fourth-order valence-corrected chi connectivity index (χ4v) is 2.05. The molecule has 2 aromatic carbocycles. The molecule has 0 N–H and O–H groups in total. The number of halogens is 1. The predicted molar refractivity (Wildman–Crippen MR) is 80.3 cm³/mol. The van der Waals surface area contributed by atoms with E-state index in [-0.39, 0.29) is 12.2 Å². The van der Waals surface area contributed by atoms with Gasteiger partial charge in [-0.3, -0.25) is 20.2 Å². The third kappa shape index (κ3) is 3.80. The SMILES string of the molecule is O=C(OCc1cc([N+](=O)[O-])c(Cl)c([N+](=O)[O-])c1)c1ccccc1. The second-order valence-electron chi connectivity index (χ2n) is 4.40. The van der Waals surface area contributed by atoms with Crippen molar-refractivity contribution in [1.82, 2.24) is 0 Å². The highest BCUT2D eigenvalue weighted by Crippen LogP contribution is 2.35. The zero-order valence-electron chi connectivity index (χ0n) is 11.5. The summed E-state index contributed by atoms with van der Waals surface area (Å²) in [5.41, 5.74) is -0.846. The van der Waals surface area contributed by atoms with E-state index in [1.165, 1.54) is 12.1 Å².